The van der Waals surface area contributed by atoms with Crippen LogP contribution in [0.25, 0.3) is 0 Å². The minimum Gasteiger partial charge on any atom is -0.354 e. The number of nitrogens with one attached hydrogen (secondary N) is 1. The van der Waals surface area contributed by atoms with Crippen molar-refractivity contribution in [3.8, 4) is 0 Å². The van der Waals surface area contributed by atoms with E-state index in [1.54, 1.807) is 12.1 Å². The highest BCUT2D eigenvalue weighted by Crippen LogP contribution is 2.30. The van der Waals surface area contributed by atoms with Crippen LogP contribution in [0, 0.1) is 0 Å². The zero-order chi connectivity index (χ0) is 28.2. The standard InChI is InChI=1S/C26H27Cl2N5O4S2/c1-18(38(29,34)35)15-16-30-26(32-39(36,37)23-13-11-22(28)12-14-23)33-17-24(19-5-3-2-4-6-19)25(31-33)20-7-9-21(27)10-8-20/h2-14,18,24H,15-17H2,1H3,(H,30,32)(H2,29,34,35)/t18-,24?/m0/s1. The molecule has 1 aliphatic heterocycles. The number of primary sulfonamides is 1. The fourth-order valence-corrected chi connectivity index (χ4v) is 5.63. The molecule has 0 aromatic heterocycles. The largest absolute Gasteiger partial charge is 0.354 e. The van der Waals surface area contributed by atoms with E-state index in [0.717, 1.165) is 11.1 Å². The van der Waals surface area contributed by atoms with Crippen molar-refractivity contribution < 1.29 is 16.8 Å². The monoisotopic (exact) mass is 607 g/mol. The van der Waals surface area contributed by atoms with Gasteiger partial charge in [-0.05, 0) is 60.9 Å². The zero-order valence-electron chi connectivity index (χ0n) is 20.9. The predicted octanol–water partition coefficient (Wildman–Crippen LogP) is 4.20. The van der Waals surface area contributed by atoms with E-state index >= 15 is 0 Å². The quantitative estimate of drug-likeness (QED) is 0.291. The van der Waals surface area contributed by atoms with E-state index in [1.165, 1.54) is 36.2 Å². The maximum Gasteiger partial charge on any atom is 0.285 e. The van der Waals surface area contributed by atoms with Gasteiger partial charge in [-0.15, -0.1) is 4.40 Å². The summed E-state index contributed by atoms with van der Waals surface area (Å²) in [6.45, 7) is 1.86. The first kappa shape index (κ1) is 29.0. The summed E-state index contributed by atoms with van der Waals surface area (Å²) in [7, 11) is -7.92. The second-order valence-corrected chi connectivity index (χ2v) is 13.5. The normalized spacial score (nSPS) is 17.1. The summed E-state index contributed by atoms with van der Waals surface area (Å²) in [5, 5.41) is 14.6. The number of benzene rings is 3. The molecule has 0 aliphatic carbocycles. The molecule has 3 aromatic rings. The highest BCUT2D eigenvalue weighted by atomic mass is 35.5. The number of halogens is 2. The van der Waals surface area contributed by atoms with Crippen molar-refractivity contribution in [3.63, 3.8) is 0 Å². The first-order chi connectivity index (χ1) is 18.4. The number of hydrogen-bond acceptors (Lipinski definition) is 5. The second-order valence-electron chi connectivity index (χ2n) is 9.00. The predicted molar refractivity (Wildman–Crippen MR) is 155 cm³/mol. The molecule has 13 heteroatoms. The molecular weight excluding hydrogens is 581 g/mol. The van der Waals surface area contributed by atoms with E-state index in [9.17, 15) is 16.8 Å². The molecule has 1 aliphatic rings. The number of rotatable bonds is 8. The van der Waals surface area contributed by atoms with Gasteiger partial charge < -0.3 is 5.32 Å². The number of sulfonamides is 2. The minimum absolute atomic E-state index is 0.0449. The average Bonchev–Trinajstić information content (AvgIpc) is 3.34. The van der Waals surface area contributed by atoms with Gasteiger partial charge in [0.1, 0.15) is 0 Å². The number of hydrogen-bond donors (Lipinski definition) is 2. The molecule has 0 radical (unpaired) electrons. The summed E-state index contributed by atoms with van der Waals surface area (Å²) in [5.41, 5.74) is 2.50. The van der Waals surface area contributed by atoms with Gasteiger partial charge in [-0.2, -0.15) is 13.5 Å². The van der Waals surface area contributed by atoms with Crippen molar-refractivity contribution in [2.24, 2.45) is 14.6 Å². The highest BCUT2D eigenvalue weighted by molar-refractivity contribution is 7.90. The molecule has 206 valence electrons. The van der Waals surface area contributed by atoms with E-state index < -0.39 is 25.3 Å². The van der Waals surface area contributed by atoms with Crippen LogP contribution in [-0.2, 0) is 20.0 Å². The molecule has 3 N–H and O–H groups in total. The van der Waals surface area contributed by atoms with Gasteiger partial charge in [-0.25, -0.2) is 18.6 Å². The third-order valence-corrected chi connectivity index (χ3v) is 9.36. The Labute approximate surface area is 238 Å². The fourth-order valence-electron chi connectivity index (χ4n) is 3.96. The first-order valence-electron chi connectivity index (χ1n) is 12.0. The number of nitrogens with two attached hydrogens (primary N) is 1. The van der Waals surface area contributed by atoms with Crippen molar-refractivity contribution in [2.75, 3.05) is 13.1 Å². The van der Waals surface area contributed by atoms with Crippen LogP contribution in [0.3, 0.4) is 0 Å². The van der Waals surface area contributed by atoms with Gasteiger partial charge in [-0.1, -0.05) is 65.7 Å². The summed E-state index contributed by atoms with van der Waals surface area (Å²) in [4.78, 5) is -0.0511. The van der Waals surface area contributed by atoms with E-state index in [1.807, 2.05) is 42.5 Å². The average molecular weight is 609 g/mol. The molecule has 0 spiro atoms. The molecule has 0 saturated carbocycles. The van der Waals surface area contributed by atoms with Gasteiger partial charge in [-0.3, -0.25) is 0 Å². The first-order valence-corrected chi connectivity index (χ1v) is 15.8. The van der Waals surface area contributed by atoms with Crippen LogP contribution >= 0.6 is 23.2 Å². The summed E-state index contributed by atoms with van der Waals surface area (Å²) >= 11 is 12.0. The van der Waals surface area contributed by atoms with Crippen LogP contribution in [0.15, 0.2) is 93.3 Å². The maximum atomic E-state index is 13.2. The van der Waals surface area contributed by atoms with E-state index in [0.29, 0.717) is 15.8 Å². The Morgan fingerprint density at radius 1 is 1.00 bits per heavy atom. The Balaban J connectivity index is 1.74. The van der Waals surface area contributed by atoms with Gasteiger partial charge in [0.25, 0.3) is 10.0 Å². The van der Waals surface area contributed by atoms with Gasteiger partial charge in [0.15, 0.2) is 0 Å². The van der Waals surface area contributed by atoms with Crippen LogP contribution in [0.1, 0.15) is 30.4 Å². The molecule has 2 atom stereocenters. The summed E-state index contributed by atoms with van der Waals surface area (Å²) in [6, 6.07) is 22.6. The lowest BCUT2D eigenvalue weighted by atomic mass is 9.91. The van der Waals surface area contributed by atoms with Crippen LogP contribution in [0.2, 0.25) is 10.0 Å². The highest BCUT2D eigenvalue weighted by Gasteiger charge is 2.32. The van der Waals surface area contributed by atoms with Gasteiger partial charge in [0.2, 0.25) is 16.0 Å². The SMILES string of the molecule is C[C@@H](CCNC(=NS(=O)(=O)c1ccc(Cl)cc1)N1CC(c2ccccc2)C(c2ccc(Cl)cc2)=N1)S(N)(=O)=O. The maximum absolute atomic E-state index is 13.2. The van der Waals surface area contributed by atoms with Crippen molar-refractivity contribution in [1.29, 1.82) is 0 Å². The topological polar surface area (TPSA) is 134 Å². The smallest absolute Gasteiger partial charge is 0.285 e. The number of guanidine groups is 1. The second kappa shape index (κ2) is 12.1. The lowest BCUT2D eigenvalue weighted by molar-refractivity contribution is 0.454. The minimum atomic E-state index is -4.17. The van der Waals surface area contributed by atoms with Crippen LogP contribution in [0.5, 0.6) is 0 Å². The van der Waals surface area contributed by atoms with E-state index in [4.69, 9.17) is 33.4 Å². The molecular formula is C26H27Cl2N5O4S2. The van der Waals surface area contributed by atoms with Crippen molar-refractivity contribution in [3.05, 3.63) is 100 Å². The van der Waals surface area contributed by atoms with Crippen LogP contribution in [-0.4, -0.2) is 51.9 Å². The van der Waals surface area contributed by atoms with Crippen molar-refractivity contribution >= 4 is 54.9 Å². The Hall–Kier alpha value is -2.96. The zero-order valence-corrected chi connectivity index (χ0v) is 24.1. The Bertz CT molecular complexity index is 1580. The molecule has 3 aromatic carbocycles. The van der Waals surface area contributed by atoms with Crippen molar-refractivity contribution in [2.45, 2.75) is 29.4 Å². The summed E-state index contributed by atoms with van der Waals surface area (Å²) < 4.78 is 53.9. The molecule has 0 fully saturated rings. The molecule has 9 nitrogen and oxygen atoms in total. The summed E-state index contributed by atoms with van der Waals surface area (Å²) in [6.07, 6.45) is 0.128. The van der Waals surface area contributed by atoms with Gasteiger partial charge >= 0.3 is 0 Å². The van der Waals surface area contributed by atoms with Crippen LogP contribution < -0.4 is 10.5 Å². The van der Waals surface area contributed by atoms with E-state index in [-0.39, 0.29) is 36.3 Å². The van der Waals surface area contributed by atoms with E-state index in [2.05, 4.69) is 9.71 Å². The third kappa shape index (κ3) is 7.37. The Kier molecular flexibility index (Phi) is 8.97. The van der Waals surface area contributed by atoms with Gasteiger partial charge in [0, 0.05) is 22.5 Å². The molecule has 4 rings (SSSR count). The Morgan fingerprint density at radius 2 is 1.59 bits per heavy atom. The lowest BCUT2D eigenvalue weighted by Gasteiger charge is -2.20. The molecule has 0 bridgehead atoms. The van der Waals surface area contributed by atoms with Gasteiger partial charge in [0.05, 0.1) is 22.4 Å². The van der Waals surface area contributed by atoms with Crippen LogP contribution in [0.4, 0.5) is 0 Å². The molecule has 1 heterocycles. The third-order valence-electron chi connectivity index (χ3n) is 6.21. The number of nitrogens with zero attached hydrogens (tertiary/aromatic N) is 3. The fraction of sp³-hybridized carbons (Fsp3) is 0.231. The van der Waals surface area contributed by atoms with Crippen molar-refractivity contribution in [1.82, 2.24) is 10.3 Å². The summed E-state index contributed by atoms with van der Waals surface area (Å²) in [5.74, 6) is -0.252. The lowest BCUT2D eigenvalue weighted by Crippen LogP contribution is -2.40. The Morgan fingerprint density at radius 3 is 2.18 bits per heavy atom. The molecule has 0 amide bonds. The number of hydrazone groups is 1. The molecule has 0 saturated heterocycles. The molecule has 1 unspecified atom stereocenters. The molecule has 39 heavy (non-hydrogen) atoms.